The lowest BCUT2D eigenvalue weighted by Crippen LogP contribution is -2.11. The van der Waals surface area contributed by atoms with Gasteiger partial charge in [-0.05, 0) is 98.0 Å². The van der Waals surface area contributed by atoms with Crippen molar-refractivity contribution in [2.24, 2.45) is 0 Å². The van der Waals surface area contributed by atoms with E-state index in [1.54, 1.807) is 47.1 Å². The zero-order chi connectivity index (χ0) is 22.0. The van der Waals surface area contributed by atoms with E-state index in [9.17, 15) is 4.79 Å². The first kappa shape index (κ1) is 21.0. The lowest BCUT2D eigenvalue weighted by atomic mass is 10.2. The van der Waals surface area contributed by atoms with Crippen LogP contribution in [-0.4, -0.2) is 25.7 Å². The molecule has 0 saturated heterocycles. The number of halogens is 1. The van der Waals surface area contributed by atoms with Crippen molar-refractivity contribution in [3.63, 3.8) is 0 Å². The fourth-order valence-electron chi connectivity index (χ4n) is 3.08. The van der Waals surface area contributed by atoms with Crippen LogP contribution in [0.3, 0.4) is 0 Å². The number of anilines is 1. The molecular weight excluding hydrogens is 505 g/mol. The highest BCUT2D eigenvalue weighted by molar-refractivity contribution is 14.1. The number of hydrogen-bond acceptors (Lipinski definition) is 5. The van der Waals surface area contributed by atoms with Gasteiger partial charge in [-0.3, -0.25) is 4.79 Å². The zero-order valence-corrected chi connectivity index (χ0v) is 19.4. The molecule has 0 saturated carbocycles. The molecule has 4 aromatic rings. The summed E-state index contributed by atoms with van der Waals surface area (Å²) < 4.78 is 8.76. The fraction of sp³-hybridized carbons (Fsp3) is 0.130. The Hall–Kier alpha value is -3.27. The van der Waals surface area contributed by atoms with Crippen LogP contribution in [0.4, 0.5) is 5.69 Å². The summed E-state index contributed by atoms with van der Waals surface area (Å²) in [4.78, 5) is 21.2. The highest BCUT2D eigenvalue weighted by Crippen LogP contribution is 2.24. The Morgan fingerprint density at radius 3 is 2.32 bits per heavy atom. The number of benzene rings is 2. The molecule has 2 aromatic carbocycles. The summed E-state index contributed by atoms with van der Waals surface area (Å²) in [5.41, 5.74) is 3.18. The van der Waals surface area contributed by atoms with E-state index in [-0.39, 0.29) is 5.91 Å². The Labute approximate surface area is 193 Å². The quantitative estimate of drug-likeness (QED) is 0.361. The van der Waals surface area contributed by atoms with Crippen molar-refractivity contribution in [2.45, 2.75) is 20.8 Å². The molecule has 0 aliphatic rings. The maximum atomic E-state index is 12.4. The van der Waals surface area contributed by atoms with Crippen molar-refractivity contribution in [1.29, 1.82) is 0 Å². The summed E-state index contributed by atoms with van der Waals surface area (Å²) >= 11 is 2.21. The summed E-state index contributed by atoms with van der Waals surface area (Å²) in [6, 6.07) is 18.3. The highest BCUT2D eigenvalue weighted by atomic mass is 127. The van der Waals surface area contributed by atoms with Crippen LogP contribution in [0.1, 0.15) is 27.6 Å². The summed E-state index contributed by atoms with van der Waals surface area (Å²) in [7, 11) is 0. The van der Waals surface area contributed by atoms with E-state index in [0.717, 1.165) is 15.0 Å². The molecule has 31 heavy (non-hydrogen) atoms. The van der Waals surface area contributed by atoms with Gasteiger partial charge in [0.2, 0.25) is 5.88 Å². The van der Waals surface area contributed by atoms with Gasteiger partial charge in [0.25, 0.3) is 5.91 Å². The molecule has 7 nitrogen and oxygen atoms in total. The van der Waals surface area contributed by atoms with Crippen LogP contribution in [0.5, 0.6) is 11.6 Å². The monoisotopic (exact) mass is 525 g/mol. The number of nitrogens with zero attached hydrogens (tertiary/aromatic N) is 4. The highest BCUT2D eigenvalue weighted by Gasteiger charge is 2.10. The third-order valence-electron chi connectivity index (χ3n) is 4.47. The zero-order valence-electron chi connectivity index (χ0n) is 17.3. The molecule has 0 fully saturated rings. The second-order valence-corrected chi connectivity index (χ2v) is 8.28. The molecular formula is C23H20IN5O2. The number of aromatic nitrogens is 4. The van der Waals surface area contributed by atoms with Gasteiger partial charge in [0.15, 0.2) is 5.82 Å². The molecule has 0 unspecified atom stereocenters. The SMILES string of the molecule is Cc1cc(C)n(-c2cc(Oc3ccc(NC(=O)c4ccc(I)cc4)cc3)nc(C)n2)n1. The predicted molar refractivity (Wildman–Crippen MR) is 127 cm³/mol. The van der Waals surface area contributed by atoms with Gasteiger partial charge in [-0.1, -0.05) is 0 Å². The molecule has 0 aliphatic carbocycles. The van der Waals surface area contributed by atoms with E-state index in [1.807, 2.05) is 39.0 Å². The topological polar surface area (TPSA) is 81.9 Å². The Morgan fingerprint density at radius 1 is 0.968 bits per heavy atom. The van der Waals surface area contributed by atoms with E-state index < -0.39 is 0 Å². The molecule has 8 heteroatoms. The number of ether oxygens (including phenoxy) is 1. The average molecular weight is 525 g/mol. The second-order valence-electron chi connectivity index (χ2n) is 7.04. The Balaban J connectivity index is 1.48. The van der Waals surface area contributed by atoms with Crippen molar-refractivity contribution in [3.05, 3.63) is 87.0 Å². The normalized spacial score (nSPS) is 10.7. The van der Waals surface area contributed by atoms with Crippen LogP contribution >= 0.6 is 22.6 Å². The number of rotatable bonds is 5. The first-order chi connectivity index (χ1) is 14.9. The molecule has 4 rings (SSSR count). The first-order valence-electron chi connectivity index (χ1n) is 9.61. The molecule has 0 radical (unpaired) electrons. The van der Waals surface area contributed by atoms with E-state index in [2.05, 4.69) is 43.0 Å². The Kier molecular flexibility index (Phi) is 5.99. The van der Waals surface area contributed by atoms with Crippen LogP contribution in [0.15, 0.2) is 60.7 Å². The van der Waals surface area contributed by atoms with Gasteiger partial charge in [0.1, 0.15) is 11.6 Å². The number of hydrogen-bond donors (Lipinski definition) is 1. The minimum absolute atomic E-state index is 0.161. The molecule has 1 N–H and O–H groups in total. The maximum absolute atomic E-state index is 12.4. The van der Waals surface area contributed by atoms with Crippen molar-refractivity contribution < 1.29 is 9.53 Å². The van der Waals surface area contributed by atoms with Crippen LogP contribution in [0.25, 0.3) is 5.82 Å². The summed E-state index contributed by atoms with van der Waals surface area (Å²) in [6.07, 6.45) is 0. The fourth-order valence-corrected chi connectivity index (χ4v) is 3.44. The molecule has 0 spiro atoms. The average Bonchev–Trinajstić information content (AvgIpc) is 3.07. The number of carbonyl (C=O) groups is 1. The van der Waals surface area contributed by atoms with Crippen molar-refractivity contribution in [2.75, 3.05) is 5.32 Å². The van der Waals surface area contributed by atoms with Gasteiger partial charge in [0, 0.05) is 26.6 Å². The summed E-state index contributed by atoms with van der Waals surface area (Å²) in [6.45, 7) is 5.72. The van der Waals surface area contributed by atoms with Crippen LogP contribution in [-0.2, 0) is 0 Å². The predicted octanol–water partition coefficient (Wildman–Crippen LogP) is 5.24. The molecule has 0 bridgehead atoms. The molecule has 0 aliphatic heterocycles. The third-order valence-corrected chi connectivity index (χ3v) is 5.19. The smallest absolute Gasteiger partial charge is 0.255 e. The van der Waals surface area contributed by atoms with E-state index in [1.165, 1.54) is 0 Å². The standard InChI is InChI=1S/C23H20IN5O2/c1-14-12-15(2)29(28-14)21-13-22(26-16(3)25-21)31-20-10-8-19(9-11-20)27-23(30)17-4-6-18(24)7-5-17/h4-13H,1-3H3,(H,27,30). The largest absolute Gasteiger partial charge is 0.439 e. The summed E-state index contributed by atoms with van der Waals surface area (Å²) in [5, 5.41) is 7.35. The number of nitrogens with one attached hydrogen (secondary N) is 1. The molecule has 156 valence electrons. The van der Waals surface area contributed by atoms with E-state index in [4.69, 9.17) is 4.74 Å². The minimum Gasteiger partial charge on any atom is -0.439 e. The van der Waals surface area contributed by atoms with Gasteiger partial charge in [-0.15, -0.1) is 0 Å². The van der Waals surface area contributed by atoms with Crippen LogP contribution < -0.4 is 10.1 Å². The number of carbonyl (C=O) groups excluding carboxylic acids is 1. The maximum Gasteiger partial charge on any atom is 0.255 e. The van der Waals surface area contributed by atoms with E-state index in [0.29, 0.717) is 34.5 Å². The number of amides is 1. The van der Waals surface area contributed by atoms with Crippen molar-refractivity contribution in [1.82, 2.24) is 19.7 Å². The molecule has 0 atom stereocenters. The lowest BCUT2D eigenvalue weighted by Gasteiger charge is -2.10. The minimum atomic E-state index is -0.161. The van der Waals surface area contributed by atoms with Crippen LogP contribution in [0, 0.1) is 24.3 Å². The van der Waals surface area contributed by atoms with Gasteiger partial charge >= 0.3 is 0 Å². The molecule has 2 aromatic heterocycles. The van der Waals surface area contributed by atoms with E-state index >= 15 is 0 Å². The lowest BCUT2D eigenvalue weighted by molar-refractivity contribution is 0.102. The molecule has 2 heterocycles. The Bertz CT molecular complexity index is 1230. The van der Waals surface area contributed by atoms with Crippen LogP contribution in [0.2, 0.25) is 0 Å². The molecule has 1 amide bonds. The van der Waals surface area contributed by atoms with Gasteiger partial charge in [0.05, 0.1) is 5.69 Å². The summed E-state index contributed by atoms with van der Waals surface area (Å²) in [5.74, 6) is 2.09. The van der Waals surface area contributed by atoms with Gasteiger partial charge < -0.3 is 10.1 Å². The van der Waals surface area contributed by atoms with Gasteiger partial charge in [-0.2, -0.15) is 10.1 Å². The second kappa shape index (κ2) is 8.84. The van der Waals surface area contributed by atoms with Crippen molar-refractivity contribution in [3.8, 4) is 17.4 Å². The van der Waals surface area contributed by atoms with Gasteiger partial charge in [-0.25, -0.2) is 9.67 Å². The van der Waals surface area contributed by atoms with Crippen molar-refractivity contribution >= 4 is 34.2 Å². The number of aryl methyl sites for hydroxylation is 3. The first-order valence-corrected chi connectivity index (χ1v) is 10.7. The third kappa shape index (κ3) is 5.08. The Morgan fingerprint density at radius 2 is 1.68 bits per heavy atom.